The fourth-order valence-electron chi connectivity index (χ4n) is 2.42. The van der Waals surface area contributed by atoms with Crippen molar-refractivity contribution in [1.82, 2.24) is 15.0 Å². The van der Waals surface area contributed by atoms with Gasteiger partial charge in [-0.25, -0.2) is 13.9 Å². The van der Waals surface area contributed by atoms with Crippen LogP contribution < -0.4 is 5.32 Å². The number of methoxy groups -OCH3 is 1. The number of ether oxygens (including phenoxy) is 1. The molecule has 0 aliphatic carbocycles. The van der Waals surface area contributed by atoms with Crippen molar-refractivity contribution in [3.8, 4) is 5.69 Å². The molecule has 8 heteroatoms. The van der Waals surface area contributed by atoms with E-state index in [1.54, 1.807) is 43.3 Å². The number of para-hydroxylation sites is 1. The summed E-state index contributed by atoms with van der Waals surface area (Å²) in [5, 5.41) is 10.3. The molecule has 2 aromatic carbocycles. The monoisotopic (exact) mass is 354 g/mol. The molecule has 0 saturated heterocycles. The van der Waals surface area contributed by atoms with Crippen LogP contribution in [0, 0.1) is 12.7 Å². The van der Waals surface area contributed by atoms with Crippen molar-refractivity contribution in [3.63, 3.8) is 0 Å². The van der Waals surface area contributed by atoms with Crippen molar-refractivity contribution >= 4 is 17.6 Å². The standard InChI is InChI=1S/C18H15FN4O3/c1-11-16(21-22-23(11)15-9-4-3-8-14(15)19)17(24)20-13-7-5-6-12(10-13)18(25)26-2/h3-10H,1-2H3,(H,20,24). The predicted octanol–water partition coefficient (Wildman–Crippen LogP) is 2.75. The SMILES string of the molecule is COC(=O)c1cccc(NC(=O)c2nnn(-c3ccccc3F)c2C)c1. The molecule has 7 nitrogen and oxygen atoms in total. The number of rotatable bonds is 4. The number of benzene rings is 2. The molecule has 0 bridgehead atoms. The van der Waals surface area contributed by atoms with Crippen LogP contribution in [0.3, 0.4) is 0 Å². The van der Waals surface area contributed by atoms with Crippen LogP contribution in [0.5, 0.6) is 0 Å². The summed E-state index contributed by atoms with van der Waals surface area (Å²) in [5.74, 6) is -1.51. The Morgan fingerprint density at radius 2 is 1.92 bits per heavy atom. The second-order valence-corrected chi connectivity index (χ2v) is 5.41. The van der Waals surface area contributed by atoms with Gasteiger partial charge in [-0.2, -0.15) is 0 Å². The maximum atomic E-state index is 13.9. The van der Waals surface area contributed by atoms with Crippen LogP contribution in [0.2, 0.25) is 0 Å². The number of carbonyl (C=O) groups excluding carboxylic acids is 2. The van der Waals surface area contributed by atoms with Gasteiger partial charge in [0.15, 0.2) is 5.69 Å². The van der Waals surface area contributed by atoms with Crippen LogP contribution in [0.25, 0.3) is 5.69 Å². The van der Waals surface area contributed by atoms with E-state index < -0.39 is 17.7 Å². The molecular formula is C18H15FN4O3. The lowest BCUT2D eigenvalue weighted by Crippen LogP contribution is -2.15. The van der Waals surface area contributed by atoms with Gasteiger partial charge in [0.05, 0.1) is 18.4 Å². The second-order valence-electron chi connectivity index (χ2n) is 5.41. The number of halogens is 1. The molecule has 0 fully saturated rings. The zero-order valence-corrected chi connectivity index (χ0v) is 14.1. The molecule has 1 amide bonds. The third-order valence-electron chi connectivity index (χ3n) is 3.73. The van der Waals surface area contributed by atoms with Gasteiger partial charge >= 0.3 is 5.97 Å². The van der Waals surface area contributed by atoms with E-state index in [1.165, 1.54) is 23.9 Å². The normalized spacial score (nSPS) is 10.4. The van der Waals surface area contributed by atoms with Gasteiger partial charge < -0.3 is 10.1 Å². The average molecular weight is 354 g/mol. The van der Waals surface area contributed by atoms with Gasteiger partial charge in [0, 0.05) is 5.69 Å². The summed E-state index contributed by atoms with van der Waals surface area (Å²) in [6, 6.07) is 12.4. The number of aromatic nitrogens is 3. The second kappa shape index (κ2) is 7.14. The first-order chi connectivity index (χ1) is 12.5. The number of nitrogens with zero attached hydrogens (tertiary/aromatic N) is 3. The Hall–Kier alpha value is -3.55. The lowest BCUT2D eigenvalue weighted by atomic mass is 10.2. The predicted molar refractivity (Wildman–Crippen MR) is 91.8 cm³/mol. The summed E-state index contributed by atoms with van der Waals surface area (Å²) in [6.07, 6.45) is 0. The Kier molecular flexibility index (Phi) is 4.74. The van der Waals surface area contributed by atoms with Gasteiger partial charge in [0.25, 0.3) is 5.91 Å². The van der Waals surface area contributed by atoms with Crippen LogP contribution in [-0.2, 0) is 4.74 Å². The zero-order chi connectivity index (χ0) is 18.7. The van der Waals surface area contributed by atoms with E-state index in [4.69, 9.17) is 0 Å². The first-order valence-corrected chi connectivity index (χ1v) is 7.68. The number of anilines is 1. The number of hydrogen-bond donors (Lipinski definition) is 1. The number of esters is 1. The van der Waals surface area contributed by atoms with Gasteiger partial charge in [0.1, 0.15) is 11.5 Å². The molecule has 132 valence electrons. The summed E-state index contributed by atoms with van der Waals surface area (Å²) in [5.41, 5.74) is 1.34. The highest BCUT2D eigenvalue weighted by atomic mass is 19.1. The Morgan fingerprint density at radius 3 is 2.65 bits per heavy atom. The van der Waals surface area contributed by atoms with Crippen LogP contribution in [-0.4, -0.2) is 34.0 Å². The van der Waals surface area contributed by atoms with Gasteiger partial charge in [-0.05, 0) is 37.3 Å². The number of amides is 1. The van der Waals surface area contributed by atoms with E-state index in [-0.39, 0.29) is 11.4 Å². The quantitative estimate of drug-likeness (QED) is 0.728. The van der Waals surface area contributed by atoms with Crippen LogP contribution in [0.4, 0.5) is 10.1 Å². The topological polar surface area (TPSA) is 86.1 Å². The molecule has 1 aromatic heterocycles. The van der Waals surface area contributed by atoms with Crippen molar-refractivity contribution in [2.24, 2.45) is 0 Å². The number of nitrogens with one attached hydrogen (secondary N) is 1. The van der Waals surface area contributed by atoms with Gasteiger partial charge in [-0.3, -0.25) is 4.79 Å². The third kappa shape index (κ3) is 3.30. The van der Waals surface area contributed by atoms with E-state index in [0.717, 1.165) is 0 Å². The van der Waals surface area contributed by atoms with Crippen LogP contribution in [0.1, 0.15) is 26.5 Å². The van der Waals surface area contributed by atoms with E-state index in [2.05, 4.69) is 20.4 Å². The molecule has 0 atom stereocenters. The van der Waals surface area contributed by atoms with Crippen molar-refractivity contribution in [3.05, 3.63) is 71.3 Å². The van der Waals surface area contributed by atoms with Crippen LogP contribution >= 0.6 is 0 Å². The third-order valence-corrected chi connectivity index (χ3v) is 3.73. The average Bonchev–Trinajstić information content (AvgIpc) is 3.03. The van der Waals surface area contributed by atoms with E-state index >= 15 is 0 Å². The number of carbonyl (C=O) groups is 2. The highest BCUT2D eigenvalue weighted by Crippen LogP contribution is 2.17. The maximum absolute atomic E-state index is 13.9. The molecule has 3 aromatic rings. The molecule has 26 heavy (non-hydrogen) atoms. The maximum Gasteiger partial charge on any atom is 0.337 e. The lowest BCUT2D eigenvalue weighted by Gasteiger charge is -2.07. The van der Waals surface area contributed by atoms with Crippen molar-refractivity contribution in [2.75, 3.05) is 12.4 Å². The highest BCUT2D eigenvalue weighted by molar-refractivity contribution is 6.04. The Labute approximate surface area is 148 Å². The smallest absolute Gasteiger partial charge is 0.337 e. The highest BCUT2D eigenvalue weighted by Gasteiger charge is 2.19. The van der Waals surface area contributed by atoms with E-state index in [1.807, 2.05) is 0 Å². The zero-order valence-electron chi connectivity index (χ0n) is 14.1. The summed E-state index contributed by atoms with van der Waals surface area (Å²) in [7, 11) is 1.28. The molecule has 0 aliphatic rings. The lowest BCUT2D eigenvalue weighted by molar-refractivity contribution is 0.0600. The van der Waals surface area contributed by atoms with Gasteiger partial charge in [0.2, 0.25) is 0 Å². The summed E-state index contributed by atoms with van der Waals surface area (Å²) in [6.45, 7) is 1.62. The Balaban J connectivity index is 1.86. The number of hydrogen-bond acceptors (Lipinski definition) is 5. The minimum absolute atomic E-state index is 0.0525. The van der Waals surface area contributed by atoms with Gasteiger partial charge in [-0.15, -0.1) is 5.10 Å². The molecule has 3 rings (SSSR count). The largest absolute Gasteiger partial charge is 0.465 e. The molecule has 0 radical (unpaired) electrons. The Morgan fingerprint density at radius 1 is 1.15 bits per heavy atom. The molecular weight excluding hydrogens is 339 g/mol. The molecule has 0 saturated carbocycles. The van der Waals surface area contributed by atoms with Crippen molar-refractivity contribution in [1.29, 1.82) is 0 Å². The van der Waals surface area contributed by atoms with Crippen molar-refractivity contribution in [2.45, 2.75) is 6.92 Å². The molecule has 0 aliphatic heterocycles. The Bertz CT molecular complexity index is 984. The first-order valence-electron chi connectivity index (χ1n) is 7.68. The van der Waals surface area contributed by atoms with E-state index in [0.29, 0.717) is 16.9 Å². The summed E-state index contributed by atoms with van der Waals surface area (Å²) in [4.78, 5) is 24.0. The minimum atomic E-state index is -0.521. The first kappa shape index (κ1) is 17.3. The molecule has 0 unspecified atom stereocenters. The van der Waals surface area contributed by atoms with Crippen LogP contribution in [0.15, 0.2) is 48.5 Å². The summed E-state index contributed by atoms with van der Waals surface area (Å²) >= 11 is 0. The minimum Gasteiger partial charge on any atom is -0.465 e. The van der Waals surface area contributed by atoms with Crippen molar-refractivity contribution < 1.29 is 18.7 Å². The van der Waals surface area contributed by atoms with E-state index in [9.17, 15) is 14.0 Å². The molecule has 1 N–H and O–H groups in total. The molecule has 0 spiro atoms. The molecule has 1 heterocycles. The fraction of sp³-hybridized carbons (Fsp3) is 0.111. The summed E-state index contributed by atoms with van der Waals surface area (Å²) < 4.78 is 19.8. The fourth-order valence-corrected chi connectivity index (χ4v) is 2.42. The van der Waals surface area contributed by atoms with Gasteiger partial charge in [-0.1, -0.05) is 23.4 Å².